The van der Waals surface area contributed by atoms with Gasteiger partial charge >= 0.3 is 5.97 Å². The van der Waals surface area contributed by atoms with Gasteiger partial charge in [-0.15, -0.1) is 0 Å². The van der Waals surface area contributed by atoms with E-state index in [4.69, 9.17) is 5.11 Å². The summed E-state index contributed by atoms with van der Waals surface area (Å²) in [7, 11) is -7.24. The molecule has 0 fully saturated rings. The minimum Gasteiger partial charge on any atom is -0.478 e. The van der Waals surface area contributed by atoms with Crippen LogP contribution in [0.25, 0.3) is 0 Å². The molecule has 0 saturated heterocycles. The van der Waals surface area contributed by atoms with Crippen molar-refractivity contribution >= 4 is 41.8 Å². The summed E-state index contributed by atoms with van der Waals surface area (Å²) in [4.78, 5) is 10.7. The largest absolute Gasteiger partial charge is 0.478 e. The van der Waals surface area contributed by atoms with Crippen molar-refractivity contribution in [3.8, 4) is 0 Å². The summed E-state index contributed by atoms with van der Waals surface area (Å²) in [6.45, 7) is 1.20. The number of sulfone groups is 1. The molecule has 1 rings (SSSR count). The van der Waals surface area contributed by atoms with Gasteiger partial charge in [0, 0.05) is 16.8 Å². The zero-order valence-corrected chi connectivity index (χ0v) is 14.3. The van der Waals surface area contributed by atoms with Gasteiger partial charge in [0.05, 0.1) is 16.2 Å². The van der Waals surface area contributed by atoms with Gasteiger partial charge in [-0.05, 0) is 34.1 Å². The highest BCUT2D eigenvalue weighted by Crippen LogP contribution is 2.21. The first-order valence-electron chi connectivity index (χ1n) is 5.82. The number of carboxylic acids is 1. The van der Waals surface area contributed by atoms with E-state index in [0.29, 0.717) is 0 Å². The number of halogens is 1. The molecule has 7 nitrogen and oxygen atoms in total. The number of carbonyl (C=O) groups is 1. The van der Waals surface area contributed by atoms with Crippen LogP contribution in [0.5, 0.6) is 0 Å². The summed E-state index contributed by atoms with van der Waals surface area (Å²) >= 11 is 3.01. The summed E-state index contributed by atoms with van der Waals surface area (Å²) in [5.74, 6) is -1.66. The maximum absolute atomic E-state index is 12.0. The van der Waals surface area contributed by atoms with Crippen molar-refractivity contribution in [2.45, 2.75) is 11.8 Å². The van der Waals surface area contributed by atoms with E-state index in [0.717, 1.165) is 6.07 Å². The average molecular weight is 400 g/mol. The van der Waals surface area contributed by atoms with Crippen molar-refractivity contribution in [3.63, 3.8) is 0 Å². The lowest BCUT2D eigenvalue weighted by atomic mass is 10.2. The Labute approximate surface area is 131 Å². The highest BCUT2D eigenvalue weighted by atomic mass is 79.9. The molecular formula is C11H14BrNO6S2. The van der Waals surface area contributed by atoms with Crippen LogP contribution in [0.1, 0.15) is 17.3 Å². The van der Waals surface area contributed by atoms with Crippen molar-refractivity contribution in [1.82, 2.24) is 4.72 Å². The molecule has 0 unspecified atom stereocenters. The second-order valence-corrected chi connectivity index (χ2v) is 9.17. The SMILES string of the molecule is CCS(=O)(=O)CCNS(=O)(=O)c1ccc(Br)c(C(=O)O)c1. The molecule has 1 aromatic carbocycles. The van der Waals surface area contributed by atoms with Crippen LogP contribution < -0.4 is 4.72 Å². The van der Waals surface area contributed by atoms with Crippen molar-refractivity contribution in [1.29, 1.82) is 0 Å². The van der Waals surface area contributed by atoms with E-state index in [1.54, 1.807) is 0 Å². The lowest BCUT2D eigenvalue weighted by Crippen LogP contribution is -2.29. The highest BCUT2D eigenvalue weighted by Gasteiger charge is 2.19. The van der Waals surface area contributed by atoms with E-state index in [9.17, 15) is 21.6 Å². The maximum Gasteiger partial charge on any atom is 0.336 e. The van der Waals surface area contributed by atoms with E-state index in [1.165, 1.54) is 19.1 Å². The highest BCUT2D eigenvalue weighted by molar-refractivity contribution is 9.10. The van der Waals surface area contributed by atoms with Crippen LogP contribution >= 0.6 is 15.9 Å². The fraction of sp³-hybridized carbons (Fsp3) is 0.364. The predicted octanol–water partition coefficient (Wildman–Crippen LogP) is 0.860. The van der Waals surface area contributed by atoms with E-state index < -0.39 is 25.8 Å². The monoisotopic (exact) mass is 399 g/mol. The van der Waals surface area contributed by atoms with E-state index in [-0.39, 0.29) is 33.0 Å². The Morgan fingerprint density at radius 3 is 2.43 bits per heavy atom. The quantitative estimate of drug-likeness (QED) is 0.701. The Bertz CT molecular complexity index is 742. The molecule has 0 radical (unpaired) electrons. The van der Waals surface area contributed by atoms with Crippen molar-refractivity contribution in [2.75, 3.05) is 18.1 Å². The Balaban J connectivity index is 2.94. The van der Waals surface area contributed by atoms with Crippen LogP contribution in [0, 0.1) is 0 Å². The molecule has 0 bridgehead atoms. The molecule has 0 atom stereocenters. The Morgan fingerprint density at radius 2 is 1.90 bits per heavy atom. The molecule has 1 aromatic rings. The van der Waals surface area contributed by atoms with Gasteiger partial charge in [-0.2, -0.15) is 0 Å². The molecule has 0 saturated carbocycles. The van der Waals surface area contributed by atoms with Gasteiger partial charge in [0.1, 0.15) is 0 Å². The fourth-order valence-corrected chi connectivity index (χ4v) is 3.70. The smallest absolute Gasteiger partial charge is 0.336 e. The second-order valence-electron chi connectivity index (χ2n) is 4.08. The molecule has 0 aliphatic heterocycles. The second kappa shape index (κ2) is 6.86. The van der Waals surface area contributed by atoms with Gasteiger partial charge in [0.2, 0.25) is 10.0 Å². The third kappa shape index (κ3) is 5.06. The Kier molecular flexibility index (Phi) is 5.91. The van der Waals surface area contributed by atoms with Gasteiger partial charge < -0.3 is 5.11 Å². The molecule has 118 valence electrons. The number of hydrogen-bond donors (Lipinski definition) is 2. The lowest BCUT2D eigenvalue weighted by Gasteiger charge is -2.08. The third-order valence-electron chi connectivity index (χ3n) is 2.62. The minimum absolute atomic E-state index is 0.0732. The van der Waals surface area contributed by atoms with Crippen molar-refractivity contribution < 1.29 is 26.7 Å². The number of rotatable bonds is 7. The number of benzene rings is 1. The fourth-order valence-electron chi connectivity index (χ4n) is 1.39. The van der Waals surface area contributed by atoms with Crippen LogP contribution in [-0.4, -0.2) is 46.0 Å². The molecule has 0 heterocycles. The van der Waals surface area contributed by atoms with E-state index in [2.05, 4.69) is 20.7 Å². The first kappa shape index (κ1) is 18.1. The standard InChI is InChI=1S/C11H14BrNO6S2/c1-2-20(16,17)6-5-13-21(18,19)8-3-4-10(12)9(7-8)11(14)15/h3-4,7,13H,2,5-6H2,1H3,(H,14,15). The van der Waals surface area contributed by atoms with Crippen molar-refractivity contribution in [2.24, 2.45) is 0 Å². The predicted molar refractivity (Wildman–Crippen MR) is 80.6 cm³/mol. The number of carboxylic acid groups (broad SMARTS) is 1. The third-order valence-corrected chi connectivity index (χ3v) is 6.48. The maximum atomic E-state index is 12.0. The number of nitrogens with one attached hydrogen (secondary N) is 1. The van der Waals surface area contributed by atoms with Gasteiger partial charge in [0.15, 0.2) is 9.84 Å². The van der Waals surface area contributed by atoms with Crippen LogP contribution in [-0.2, 0) is 19.9 Å². The number of sulfonamides is 1. The summed E-state index contributed by atoms with van der Waals surface area (Å²) in [6, 6.07) is 3.54. The van der Waals surface area contributed by atoms with Crippen LogP contribution in [0.2, 0.25) is 0 Å². The zero-order valence-electron chi connectivity index (χ0n) is 11.0. The van der Waals surface area contributed by atoms with E-state index in [1.807, 2.05) is 0 Å². The van der Waals surface area contributed by atoms with Crippen LogP contribution in [0.15, 0.2) is 27.6 Å². The first-order valence-corrected chi connectivity index (χ1v) is 9.92. The van der Waals surface area contributed by atoms with Crippen molar-refractivity contribution in [3.05, 3.63) is 28.2 Å². The molecule has 0 aliphatic rings. The summed E-state index contributed by atoms with van der Waals surface area (Å²) < 4.78 is 48.9. The zero-order chi connectivity index (χ0) is 16.3. The summed E-state index contributed by atoms with van der Waals surface area (Å²) in [6.07, 6.45) is 0. The minimum atomic E-state index is -3.96. The number of hydrogen-bond acceptors (Lipinski definition) is 5. The average Bonchev–Trinajstić information content (AvgIpc) is 2.38. The Morgan fingerprint density at radius 1 is 1.29 bits per heavy atom. The van der Waals surface area contributed by atoms with Gasteiger partial charge in [-0.25, -0.2) is 26.4 Å². The summed E-state index contributed by atoms with van der Waals surface area (Å²) in [5, 5.41) is 8.95. The van der Waals surface area contributed by atoms with Gasteiger partial charge in [-0.3, -0.25) is 0 Å². The molecule has 0 spiro atoms. The first-order chi connectivity index (χ1) is 9.59. The molecule has 0 aliphatic carbocycles. The lowest BCUT2D eigenvalue weighted by molar-refractivity contribution is 0.0695. The van der Waals surface area contributed by atoms with Gasteiger partial charge in [0.25, 0.3) is 0 Å². The van der Waals surface area contributed by atoms with Crippen LogP contribution in [0.4, 0.5) is 0 Å². The normalized spacial score (nSPS) is 12.3. The number of aromatic carboxylic acids is 1. The summed E-state index contributed by atoms with van der Waals surface area (Å²) in [5.41, 5.74) is -0.195. The molecule has 0 aromatic heterocycles. The molecule has 2 N–H and O–H groups in total. The van der Waals surface area contributed by atoms with Crippen LogP contribution in [0.3, 0.4) is 0 Å². The molecule has 0 amide bonds. The molecular weight excluding hydrogens is 386 g/mol. The topological polar surface area (TPSA) is 118 Å². The Hall–Kier alpha value is -0.970. The van der Waals surface area contributed by atoms with E-state index >= 15 is 0 Å². The molecule has 10 heteroatoms. The van der Waals surface area contributed by atoms with Gasteiger partial charge in [-0.1, -0.05) is 6.92 Å². The molecule has 21 heavy (non-hydrogen) atoms.